The highest BCUT2D eigenvalue weighted by atomic mass is 19.4. The van der Waals surface area contributed by atoms with E-state index in [1.165, 1.54) is 12.1 Å². The van der Waals surface area contributed by atoms with Gasteiger partial charge in [-0.1, -0.05) is 48.5 Å². The van der Waals surface area contributed by atoms with E-state index in [1.807, 2.05) is 30.3 Å². The van der Waals surface area contributed by atoms with E-state index in [0.29, 0.717) is 12.0 Å². The number of halogens is 3. The summed E-state index contributed by atoms with van der Waals surface area (Å²) < 4.78 is 37.9. The molecule has 0 spiro atoms. The first-order chi connectivity index (χ1) is 9.39. The molecule has 106 valence electrons. The maximum absolute atomic E-state index is 12.6. The van der Waals surface area contributed by atoms with Crippen LogP contribution in [0.4, 0.5) is 13.2 Å². The number of aromatic hydroxyl groups is 1. The fraction of sp³-hybridized carbons (Fsp3) is 0.200. The third-order valence-electron chi connectivity index (χ3n) is 3.08. The summed E-state index contributed by atoms with van der Waals surface area (Å²) in [5.74, 6) is -0.388. The first-order valence-electron chi connectivity index (χ1n) is 6.06. The quantitative estimate of drug-likeness (QED) is 0.903. The molecule has 0 aromatic heterocycles. The highest BCUT2D eigenvalue weighted by Crippen LogP contribution is 2.36. The third-order valence-corrected chi connectivity index (χ3v) is 3.08. The summed E-state index contributed by atoms with van der Waals surface area (Å²) in [6.07, 6.45) is -4.23. The summed E-state index contributed by atoms with van der Waals surface area (Å²) in [6.45, 7) is 0. The summed E-state index contributed by atoms with van der Waals surface area (Å²) in [5, 5.41) is 10.0. The number of alkyl halides is 3. The number of nitrogens with two attached hydrogens (primary N) is 1. The lowest BCUT2D eigenvalue weighted by Crippen LogP contribution is -2.28. The van der Waals surface area contributed by atoms with E-state index < -0.39 is 12.2 Å². The largest absolute Gasteiger partial charge is 0.507 e. The molecule has 2 aromatic carbocycles. The van der Waals surface area contributed by atoms with Crippen molar-refractivity contribution in [2.45, 2.75) is 18.6 Å². The van der Waals surface area contributed by atoms with Gasteiger partial charge in [-0.25, -0.2) is 0 Å². The predicted octanol–water partition coefficient (Wildman–Crippen LogP) is 3.55. The minimum absolute atomic E-state index is 0.300. The fourth-order valence-corrected chi connectivity index (χ4v) is 2.00. The summed E-state index contributed by atoms with van der Waals surface area (Å²) in [7, 11) is 0. The SMILES string of the molecule is N[C@@H](c1cccc(Cc2ccccc2)c1O)C(F)(F)F. The molecule has 0 aliphatic rings. The normalized spacial score (nSPS) is 13.2. The van der Waals surface area contributed by atoms with Crippen LogP contribution in [-0.2, 0) is 6.42 Å². The van der Waals surface area contributed by atoms with Crippen LogP contribution in [0.1, 0.15) is 22.7 Å². The summed E-state index contributed by atoms with van der Waals surface area (Å²) in [6, 6.07) is 11.3. The van der Waals surface area contributed by atoms with Gasteiger partial charge in [-0.05, 0) is 11.1 Å². The van der Waals surface area contributed by atoms with E-state index in [2.05, 4.69) is 0 Å². The first kappa shape index (κ1) is 14.4. The molecule has 0 saturated heterocycles. The van der Waals surface area contributed by atoms with Crippen molar-refractivity contribution in [3.63, 3.8) is 0 Å². The Labute approximate surface area is 114 Å². The van der Waals surface area contributed by atoms with Crippen LogP contribution in [0.3, 0.4) is 0 Å². The molecule has 0 radical (unpaired) electrons. The van der Waals surface area contributed by atoms with Gasteiger partial charge >= 0.3 is 6.18 Å². The van der Waals surface area contributed by atoms with E-state index >= 15 is 0 Å². The van der Waals surface area contributed by atoms with Crippen molar-refractivity contribution in [2.24, 2.45) is 5.73 Å². The second-order valence-corrected chi connectivity index (χ2v) is 4.54. The van der Waals surface area contributed by atoms with Gasteiger partial charge in [0.15, 0.2) is 0 Å². The number of benzene rings is 2. The number of rotatable bonds is 3. The van der Waals surface area contributed by atoms with Gasteiger partial charge in [0.05, 0.1) is 0 Å². The molecular formula is C15H14F3NO. The molecule has 2 nitrogen and oxygen atoms in total. The molecule has 20 heavy (non-hydrogen) atoms. The molecule has 3 N–H and O–H groups in total. The maximum atomic E-state index is 12.6. The first-order valence-corrected chi connectivity index (χ1v) is 6.06. The Balaban J connectivity index is 2.33. The van der Waals surface area contributed by atoms with Gasteiger partial charge in [0.1, 0.15) is 11.8 Å². The molecule has 0 bridgehead atoms. The van der Waals surface area contributed by atoms with Crippen LogP contribution in [0.2, 0.25) is 0 Å². The molecule has 0 saturated carbocycles. The van der Waals surface area contributed by atoms with Gasteiger partial charge in [0.2, 0.25) is 0 Å². The van der Waals surface area contributed by atoms with Crippen LogP contribution in [-0.4, -0.2) is 11.3 Å². The van der Waals surface area contributed by atoms with Gasteiger partial charge < -0.3 is 10.8 Å². The molecule has 5 heteroatoms. The Hall–Kier alpha value is -2.01. The summed E-state index contributed by atoms with van der Waals surface area (Å²) in [4.78, 5) is 0. The number of phenolic OH excluding ortho intramolecular Hbond substituents is 1. The van der Waals surface area contributed by atoms with E-state index in [9.17, 15) is 18.3 Å². The topological polar surface area (TPSA) is 46.2 Å². The Morgan fingerprint density at radius 2 is 1.65 bits per heavy atom. The lowest BCUT2D eigenvalue weighted by atomic mass is 9.98. The minimum atomic E-state index is -4.58. The molecule has 0 aliphatic carbocycles. The zero-order valence-electron chi connectivity index (χ0n) is 10.6. The molecule has 0 heterocycles. The molecule has 0 fully saturated rings. The van der Waals surface area contributed by atoms with Crippen molar-refractivity contribution in [3.05, 3.63) is 65.2 Å². The molecule has 0 amide bonds. The van der Waals surface area contributed by atoms with Gasteiger partial charge in [-0.2, -0.15) is 13.2 Å². The van der Waals surface area contributed by atoms with Gasteiger partial charge in [-0.15, -0.1) is 0 Å². The van der Waals surface area contributed by atoms with Crippen molar-refractivity contribution >= 4 is 0 Å². The maximum Gasteiger partial charge on any atom is 0.407 e. The van der Waals surface area contributed by atoms with Crippen LogP contribution in [0.25, 0.3) is 0 Å². The Morgan fingerprint density at radius 1 is 1.00 bits per heavy atom. The van der Waals surface area contributed by atoms with Gasteiger partial charge in [0.25, 0.3) is 0 Å². The number of hydrogen-bond donors (Lipinski definition) is 2. The van der Waals surface area contributed by atoms with Crippen molar-refractivity contribution in [2.75, 3.05) is 0 Å². The molecule has 2 rings (SSSR count). The van der Waals surface area contributed by atoms with Gasteiger partial charge in [0, 0.05) is 12.0 Å². The smallest absolute Gasteiger partial charge is 0.407 e. The van der Waals surface area contributed by atoms with E-state index in [4.69, 9.17) is 5.73 Å². The molecule has 1 atom stereocenters. The van der Waals surface area contributed by atoms with Crippen LogP contribution in [0.15, 0.2) is 48.5 Å². The average molecular weight is 281 g/mol. The second kappa shape index (κ2) is 5.54. The van der Waals surface area contributed by atoms with E-state index in [1.54, 1.807) is 6.07 Å². The highest BCUT2D eigenvalue weighted by Gasteiger charge is 2.39. The monoisotopic (exact) mass is 281 g/mol. The fourth-order valence-electron chi connectivity index (χ4n) is 2.00. The van der Waals surface area contributed by atoms with Crippen LogP contribution in [0.5, 0.6) is 5.75 Å². The van der Waals surface area contributed by atoms with Crippen LogP contribution in [0, 0.1) is 0 Å². The molecule has 2 aromatic rings. The van der Waals surface area contributed by atoms with Crippen LogP contribution < -0.4 is 5.73 Å². The number of hydrogen-bond acceptors (Lipinski definition) is 2. The van der Waals surface area contributed by atoms with Crippen molar-refractivity contribution in [1.82, 2.24) is 0 Å². The van der Waals surface area contributed by atoms with Crippen molar-refractivity contribution in [3.8, 4) is 5.75 Å². The van der Waals surface area contributed by atoms with E-state index in [0.717, 1.165) is 5.56 Å². The predicted molar refractivity (Wildman–Crippen MR) is 70.3 cm³/mol. The Kier molecular flexibility index (Phi) is 3.99. The lowest BCUT2D eigenvalue weighted by molar-refractivity contribution is -0.149. The number of para-hydroxylation sites is 1. The van der Waals surface area contributed by atoms with E-state index in [-0.39, 0.29) is 11.3 Å². The Morgan fingerprint density at radius 3 is 2.25 bits per heavy atom. The number of phenols is 1. The van der Waals surface area contributed by atoms with Gasteiger partial charge in [-0.3, -0.25) is 0 Å². The molecule has 0 unspecified atom stereocenters. The lowest BCUT2D eigenvalue weighted by Gasteiger charge is -2.18. The third kappa shape index (κ3) is 3.11. The Bertz CT molecular complexity index is 581. The van der Waals surface area contributed by atoms with Crippen molar-refractivity contribution < 1.29 is 18.3 Å². The minimum Gasteiger partial charge on any atom is -0.507 e. The summed E-state index contributed by atoms with van der Waals surface area (Å²) in [5.41, 5.74) is 6.18. The van der Waals surface area contributed by atoms with Crippen molar-refractivity contribution in [1.29, 1.82) is 0 Å². The highest BCUT2D eigenvalue weighted by molar-refractivity contribution is 5.44. The standard InChI is InChI=1S/C15H14F3NO/c16-15(17,18)14(19)12-8-4-7-11(13(12)20)9-10-5-2-1-3-6-10/h1-8,14,20H,9,19H2/t14-/m0/s1. The second-order valence-electron chi connectivity index (χ2n) is 4.54. The summed E-state index contributed by atoms with van der Waals surface area (Å²) >= 11 is 0. The zero-order chi connectivity index (χ0) is 14.8. The average Bonchev–Trinajstić information content (AvgIpc) is 2.40. The molecular weight excluding hydrogens is 267 g/mol. The van der Waals surface area contributed by atoms with Crippen LogP contribution >= 0.6 is 0 Å². The molecule has 0 aliphatic heterocycles. The zero-order valence-corrected chi connectivity index (χ0v) is 10.6.